The summed E-state index contributed by atoms with van der Waals surface area (Å²) >= 11 is 3.55. The third-order valence-corrected chi connectivity index (χ3v) is 6.75. The second-order valence-electron chi connectivity index (χ2n) is 8.44. The fourth-order valence-electron chi connectivity index (χ4n) is 4.43. The van der Waals surface area contributed by atoms with Crippen LogP contribution in [0.4, 0.5) is 5.69 Å². The Morgan fingerprint density at radius 3 is 2.53 bits per heavy atom. The number of rotatable bonds is 5. The number of fused-ring (bicyclic) bond motifs is 1. The molecule has 0 unspecified atom stereocenters. The molecule has 164 valence electrons. The molecule has 1 aliphatic heterocycles. The molecule has 0 saturated carbocycles. The fraction of sp³-hybridized carbons (Fsp3) is 0.269. The lowest BCUT2D eigenvalue weighted by molar-refractivity contribution is 0.0995. The molecule has 2 aromatic carbocycles. The number of anilines is 1. The number of likely N-dealkylation sites (tertiary alicyclic amines) is 1. The number of hydrogen-bond acceptors (Lipinski definition) is 4. The van der Waals surface area contributed by atoms with Crippen molar-refractivity contribution in [2.24, 2.45) is 5.92 Å². The van der Waals surface area contributed by atoms with Gasteiger partial charge >= 0.3 is 0 Å². The van der Waals surface area contributed by atoms with E-state index in [2.05, 4.69) is 57.3 Å². The summed E-state index contributed by atoms with van der Waals surface area (Å²) < 4.78 is 12.8. The van der Waals surface area contributed by atoms with Crippen molar-refractivity contribution < 1.29 is 13.6 Å². The Morgan fingerprint density at radius 2 is 1.81 bits per heavy atom. The summed E-state index contributed by atoms with van der Waals surface area (Å²) in [6, 6.07) is 19.5. The fourth-order valence-corrected chi connectivity index (χ4v) is 4.69. The van der Waals surface area contributed by atoms with Gasteiger partial charge in [0, 0.05) is 9.86 Å². The number of para-hydroxylation sites is 1. The maximum absolute atomic E-state index is 12.9. The van der Waals surface area contributed by atoms with E-state index in [-0.39, 0.29) is 17.7 Å². The van der Waals surface area contributed by atoms with Gasteiger partial charge in [0.15, 0.2) is 5.76 Å². The highest BCUT2D eigenvalue weighted by atomic mass is 79.9. The average Bonchev–Trinajstić information content (AvgIpc) is 3.46. The van der Waals surface area contributed by atoms with Crippen molar-refractivity contribution >= 4 is 38.5 Å². The largest absolute Gasteiger partial charge is 0.459 e. The van der Waals surface area contributed by atoms with Crippen LogP contribution in [0, 0.1) is 5.92 Å². The summed E-state index contributed by atoms with van der Waals surface area (Å²) in [4.78, 5) is 15.4. The molecule has 1 saturated heterocycles. The van der Waals surface area contributed by atoms with Crippen molar-refractivity contribution in [3.63, 3.8) is 0 Å². The van der Waals surface area contributed by atoms with Gasteiger partial charge in [-0.1, -0.05) is 47.1 Å². The minimum absolute atomic E-state index is 0.102. The van der Waals surface area contributed by atoms with Gasteiger partial charge in [0.1, 0.15) is 11.3 Å². The van der Waals surface area contributed by atoms with Gasteiger partial charge < -0.3 is 14.2 Å². The standard InChI is InChI=1S/C26H25BrN2O3/c1-17-12-14-29(15-13-17)24(18-8-10-19(27)11-9-18)25-23(20-5-2-3-6-21(20)32-25)28-26(30)22-7-4-16-31-22/h2-11,16-17,24H,12-15H2,1H3,(H,28,30)/t24-/m1/s1. The maximum Gasteiger partial charge on any atom is 0.291 e. The number of hydrogen-bond donors (Lipinski definition) is 1. The molecule has 0 radical (unpaired) electrons. The Kier molecular flexibility index (Phi) is 5.89. The van der Waals surface area contributed by atoms with Crippen LogP contribution in [0.5, 0.6) is 0 Å². The molecule has 2 aromatic heterocycles. The molecule has 3 heterocycles. The van der Waals surface area contributed by atoms with E-state index in [4.69, 9.17) is 8.83 Å². The van der Waals surface area contributed by atoms with Gasteiger partial charge in [0.2, 0.25) is 0 Å². The average molecular weight is 493 g/mol. The molecule has 1 fully saturated rings. The molecular formula is C26H25BrN2O3. The number of carbonyl (C=O) groups is 1. The lowest BCUT2D eigenvalue weighted by atomic mass is 9.94. The van der Waals surface area contributed by atoms with Gasteiger partial charge in [0.05, 0.1) is 18.0 Å². The normalized spacial score (nSPS) is 16.3. The van der Waals surface area contributed by atoms with Crippen molar-refractivity contribution in [3.05, 3.63) is 88.5 Å². The number of nitrogens with one attached hydrogen (secondary N) is 1. The molecule has 32 heavy (non-hydrogen) atoms. The van der Waals surface area contributed by atoms with Gasteiger partial charge in [-0.25, -0.2) is 0 Å². The highest BCUT2D eigenvalue weighted by molar-refractivity contribution is 9.10. The van der Waals surface area contributed by atoms with Crippen LogP contribution in [-0.4, -0.2) is 23.9 Å². The van der Waals surface area contributed by atoms with Gasteiger partial charge in [-0.2, -0.15) is 0 Å². The van der Waals surface area contributed by atoms with Crippen LogP contribution < -0.4 is 5.32 Å². The lowest BCUT2D eigenvalue weighted by Crippen LogP contribution is -2.37. The molecule has 1 amide bonds. The molecule has 0 bridgehead atoms. The Bertz CT molecular complexity index is 1210. The molecule has 0 aliphatic carbocycles. The Morgan fingerprint density at radius 1 is 1.06 bits per heavy atom. The van der Waals surface area contributed by atoms with E-state index in [1.165, 1.54) is 6.26 Å². The van der Waals surface area contributed by atoms with Crippen LogP contribution in [0.3, 0.4) is 0 Å². The first-order chi connectivity index (χ1) is 15.6. The first-order valence-electron chi connectivity index (χ1n) is 11.0. The third-order valence-electron chi connectivity index (χ3n) is 6.22. The summed E-state index contributed by atoms with van der Waals surface area (Å²) in [5.41, 5.74) is 2.59. The van der Waals surface area contributed by atoms with Crippen molar-refractivity contribution in [1.82, 2.24) is 4.90 Å². The first-order valence-corrected chi connectivity index (χ1v) is 11.8. The number of furan rings is 2. The molecule has 5 nitrogen and oxygen atoms in total. The van der Waals surface area contributed by atoms with E-state index in [1.54, 1.807) is 12.1 Å². The number of nitrogens with zero attached hydrogens (tertiary/aromatic N) is 1. The van der Waals surface area contributed by atoms with E-state index in [1.807, 2.05) is 24.3 Å². The molecule has 1 aliphatic rings. The molecule has 1 atom stereocenters. The third kappa shape index (κ3) is 4.12. The number of piperidine rings is 1. The van der Waals surface area contributed by atoms with Crippen LogP contribution in [-0.2, 0) is 0 Å². The van der Waals surface area contributed by atoms with Crippen LogP contribution in [0.15, 0.2) is 80.2 Å². The Labute approximate surface area is 195 Å². The van der Waals surface area contributed by atoms with Crippen molar-refractivity contribution in [1.29, 1.82) is 0 Å². The minimum atomic E-state index is -0.287. The number of carbonyl (C=O) groups excluding carboxylic acids is 1. The SMILES string of the molecule is CC1CCN([C@H](c2ccc(Br)cc2)c2oc3ccccc3c2NC(=O)c2ccco2)CC1. The number of amides is 1. The summed E-state index contributed by atoms with van der Waals surface area (Å²) in [5, 5.41) is 3.97. The van der Waals surface area contributed by atoms with Crippen molar-refractivity contribution in [2.75, 3.05) is 18.4 Å². The minimum Gasteiger partial charge on any atom is -0.459 e. The Balaban J connectivity index is 1.63. The second kappa shape index (κ2) is 8.96. The maximum atomic E-state index is 12.9. The summed E-state index contributed by atoms with van der Waals surface area (Å²) in [6.45, 7) is 4.26. The first kappa shape index (κ1) is 21.0. The topological polar surface area (TPSA) is 58.6 Å². The quantitative estimate of drug-likeness (QED) is 0.330. The zero-order valence-corrected chi connectivity index (χ0v) is 19.5. The van der Waals surface area contributed by atoms with Gasteiger partial charge in [-0.05, 0) is 73.8 Å². The van der Waals surface area contributed by atoms with Crippen LogP contribution in [0.1, 0.15) is 47.7 Å². The van der Waals surface area contributed by atoms with Crippen LogP contribution in [0.25, 0.3) is 11.0 Å². The molecular weight excluding hydrogens is 468 g/mol. The molecule has 5 rings (SSSR count). The molecule has 6 heteroatoms. The van der Waals surface area contributed by atoms with E-state index in [0.717, 1.165) is 52.7 Å². The smallest absolute Gasteiger partial charge is 0.291 e. The van der Waals surface area contributed by atoms with Crippen LogP contribution >= 0.6 is 15.9 Å². The van der Waals surface area contributed by atoms with Crippen LogP contribution in [0.2, 0.25) is 0 Å². The van der Waals surface area contributed by atoms with E-state index >= 15 is 0 Å². The summed E-state index contributed by atoms with van der Waals surface area (Å²) in [5.74, 6) is 1.45. The van der Waals surface area contributed by atoms with Gasteiger partial charge in [-0.3, -0.25) is 9.69 Å². The Hall–Kier alpha value is -2.83. The van der Waals surface area contributed by atoms with E-state index < -0.39 is 0 Å². The van der Waals surface area contributed by atoms with E-state index in [0.29, 0.717) is 11.6 Å². The zero-order valence-electron chi connectivity index (χ0n) is 17.9. The van der Waals surface area contributed by atoms with Gasteiger partial charge in [0.25, 0.3) is 5.91 Å². The van der Waals surface area contributed by atoms with Gasteiger partial charge in [-0.15, -0.1) is 0 Å². The highest BCUT2D eigenvalue weighted by Gasteiger charge is 2.32. The number of benzene rings is 2. The highest BCUT2D eigenvalue weighted by Crippen LogP contribution is 2.42. The van der Waals surface area contributed by atoms with E-state index in [9.17, 15) is 4.79 Å². The molecule has 1 N–H and O–H groups in total. The molecule has 4 aromatic rings. The summed E-state index contributed by atoms with van der Waals surface area (Å²) in [7, 11) is 0. The number of halogens is 1. The lowest BCUT2D eigenvalue weighted by Gasteiger charge is -2.36. The molecule has 0 spiro atoms. The predicted molar refractivity (Wildman–Crippen MR) is 129 cm³/mol. The van der Waals surface area contributed by atoms with Crippen molar-refractivity contribution in [3.8, 4) is 0 Å². The predicted octanol–water partition coefficient (Wildman–Crippen LogP) is 6.86. The van der Waals surface area contributed by atoms with Crippen molar-refractivity contribution in [2.45, 2.75) is 25.8 Å². The second-order valence-corrected chi connectivity index (χ2v) is 9.36. The summed E-state index contributed by atoms with van der Waals surface area (Å²) in [6.07, 6.45) is 3.78. The zero-order chi connectivity index (χ0) is 22.1. The monoisotopic (exact) mass is 492 g/mol.